The summed E-state index contributed by atoms with van der Waals surface area (Å²) in [5, 5.41) is 2.89. The van der Waals surface area contributed by atoms with E-state index in [-0.39, 0.29) is 22.8 Å². The van der Waals surface area contributed by atoms with Crippen molar-refractivity contribution in [3.05, 3.63) is 76.0 Å². The minimum atomic E-state index is -1.15. The number of hydrogen-bond acceptors (Lipinski definition) is 7. The highest BCUT2D eigenvalue weighted by molar-refractivity contribution is 7.09. The van der Waals surface area contributed by atoms with E-state index in [1.54, 1.807) is 24.3 Å². The Bertz CT molecular complexity index is 1260. The molecule has 0 aliphatic rings. The summed E-state index contributed by atoms with van der Waals surface area (Å²) >= 11 is 0.720. The van der Waals surface area contributed by atoms with Crippen LogP contribution in [-0.4, -0.2) is 40.6 Å². The SMILES string of the molecule is COc1ccccc1CN(C(=O)c1snc(C(N)=O)c1N)C(C(=O)NCCC(C)C)c1ccc(F)cc1. The van der Waals surface area contributed by atoms with Crippen molar-refractivity contribution in [2.24, 2.45) is 11.7 Å². The van der Waals surface area contributed by atoms with Gasteiger partial charge in [0.2, 0.25) is 5.91 Å². The number of hydrogen-bond donors (Lipinski definition) is 3. The number of amides is 3. The summed E-state index contributed by atoms with van der Waals surface area (Å²) in [6, 6.07) is 11.3. The Morgan fingerprint density at radius 2 is 1.81 bits per heavy atom. The third-order valence-corrected chi connectivity index (χ3v) is 6.57. The second-order valence-corrected chi connectivity index (χ2v) is 9.58. The molecule has 1 unspecified atom stereocenters. The molecule has 37 heavy (non-hydrogen) atoms. The Labute approximate surface area is 218 Å². The number of nitrogens with two attached hydrogens (primary N) is 2. The lowest BCUT2D eigenvalue weighted by atomic mass is 10.0. The minimum Gasteiger partial charge on any atom is -0.496 e. The highest BCUT2D eigenvalue weighted by Gasteiger charge is 2.35. The van der Waals surface area contributed by atoms with Gasteiger partial charge in [-0.1, -0.05) is 44.2 Å². The summed E-state index contributed by atoms with van der Waals surface area (Å²) in [5.41, 5.74) is 12.0. The number of para-hydroxylation sites is 1. The fourth-order valence-electron chi connectivity index (χ4n) is 3.76. The van der Waals surface area contributed by atoms with Crippen LogP contribution in [0.2, 0.25) is 0 Å². The molecule has 0 fully saturated rings. The number of carbonyl (C=O) groups is 3. The van der Waals surface area contributed by atoms with Crippen LogP contribution in [0.4, 0.5) is 10.1 Å². The van der Waals surface area contributed by atoms with Crippen molar-refractivity contribution in [1.29, 1.82) is 0 Å². The van der Waals surface area contributed by atoms with Crippen molar-refractivity contribution >= 4 is 34.9 Å². The maximum atomic E-state index is 13.9. The van der Waals surface area contributed by atoms with Gasteiger partial charge in [-0.2, -0.15) is 4.37 Å². The molecular weight excluding hydrogens is 497 g/mol. The molecule has 3 rings (SSSR count). The van der Waals surface area contributed by atoms with E-state index in [0.717, 1.165) is 18.0 Å². The number of ether oxygens (including phenoxy) is 1. The number of rotatable bonds is 11. The molecular formula is C26H30FN5O4S. The van der Waals surface area contributed by atoms with Crippen LogP contribution < -0.4 is 21.5 Å². The Morgan fingerprint density at radius 1 is 1.14 bits per heavy atom. The molecule has 0 spiro atoms. The van der Waals surface area contributed by atoms with Crippen LogP contribution in [0.5, 0.6) is 5.75 Å². The normalized spacial score (nSPS) is 11.7. The second-order valence-electron chi connectivity index (χ2n) is 8.81. The average Bonchev–Trinajstić information content (AvgIpc) is 3.25. The predicted octanol–water partition coefficient (Wildman–Crippen LogP) is 3.52. The molecule has 5 N–H and O–H groups in total. The van der Waals surface area contributed by atoms with Gasteiger partial charge in [0.15, 0.2) is 5.69 Å². The molecule has 0 radical (unpaired) electrons. The number of primary amides is 1. The molecule has 0 bridgehead atoms. The van der Waals surface area contributed by atoms with Crippen LogP contribution >= 0.6 is 11.5 Å². The van der Waals surface area contributed by atoms with Gasteiger partial charge in [-0.3, -0.25) is 14.4 Å². The molecule has 0 saturated carbocycles. The highest BCUT2D eigenvalue weighted by atomic mass is 32.1. The van der Waals surface area contributed by atoms with Crippen molar-refractivity contribution < 1.29 is 23.5 Å². The molecule has 0 saturated heterocycles. The summed E-state index contributed by atoms with van der Waals surface area (Å²) in [7, 11) is 1.50. The van der Waals surface area contributed by atoms with Crippen molar-refractivity contribution in [2.75, 3.05) is 19.4 Å². The number of anilines is 1. The second kappa shape index (κ2) is 12.3. The van der Waals surface area contributed by atoms with Crippen molar-refractivity contribution in [3.63, 3.8) is 0 Å². The lowest BCUT2D eigenvalue weighted by Gasteiger charge is -2.32. The molecule has 3 amide bonds. The molecule has 9 nitrogen and oxygen atoms in total. The highest BCUT2D eigenvalue weighted by Crippen LogP contribution is 2.32. The van der Waals surface area contributed by atoms with Crippen LogP contribution in [0, 0.1) is 11.7 Å². The van der Waals surface area contributed by atoms with E-state index < -0.39 is 29.6 Å². The Balaban J connectivity index is 2.13. The summed E-state index contributed by atoms with van der Waals surface area (Å²) in [4.78, 5) is 40.5. The number of halogens is 1. The standard InChI is InChI=1S/C26H30FN5O4S/c1-15(2)12-13-30-25(34)22(16-8-10-18(27)11-9-16)32(14-17-6-4-5-7-19(17)36-3)26(35)23-20(28)21(24(29)33)31-37-23/h4-11,15,22H,12-14,28H2,1-3H3,(H2,29,33)(H,30,34). The first-order valence-electron chi connectivity index (χ1n) is 11.6. The van der Waals surface area contributed by atoms with Crippen LogP contribution in [-0.2, 0) is 11.3 Å². The molecule has 1 atom stereocenters. The number of nitrogens with one attached hydrogen (secondary N) is 1. The first-order chi connectivity index (χ1) is 17.6. The van der Waals surface area contributed by atoms with Crippen molar-refractivity contribution in [3.8, 4) is 5.75 Å². The van der Waals surface area contributed by atoms with Gasteiger partial charge in [-0.05, 0) is 47.6 Å². The number of benzene rings is 2. The molecule has 0 aliphatic heterocycles. The van der Waals surface area contributed by atoms with Gasteiger partial charge in [0.05, 0.1) is 19.3 Å². The first-order valence-corrected chi connectivity index (χ1v) is 12.4. The lowest BCUT2D eigenvalue weighted by Crippen LogP contribution is -2.43. The van der Waals surface area contributed by atoms with E-state index in [1.807, 2.05) is 13.8 Å². The van der Waals surface area contributed by atoms with E-state index >= 15 is 0 Å². The summed E-state index contributed by atoms with van der Waals surface area (Å²) in [5.74, 6) is -1.59. The van der Waals surface area contributed by atoms with Gasteiger partial charge >= 0.3 is 0 Å². The molecule has 196 valence electrons. The fraction of sp³-hybridized carbons (Fsp3) is 0.308. The average molecular weight is 528 g/mol. The number of nitrogen functional groups attached to an aromatic ring is 1. The zero-order valence-electron chi connectivity index (χ0n) is 20.9. The van der Waals surface area contributed by atoms with E-state index in [9.17, 15) is 18.8 Å². The van der Waals surface area contributed by atoms with Crippen LogP contribution in [0.1, 0.15) is 57.6 Å². The van der Waals surface area contributed by atoms with E-state index in [1.165, 1.54) is 36.3 Å². The summed E-state index contributed by atoms with van der Waals surface area (Å²) in [6.07, 6.45) is 0.728. The molecule has 1 aromatic heterocycles. The van der Waals surface area contributed by atoms with Gasteiger partial charge < -0.3 is 26.4 Å². The monoisotopic (exact) mass is 527 g/mol. The maximum Gasteiger partial charge on any atom is 0.270 e. The Hall–Kier alpha value is -3.99. The minimum absolute atomic E-state index is 0.0363. The predicted molar refractivity (Wildman–Crippen MR) is 140 cm³/mol. The van der Waals surface area contributed by atoms with Crippen LogP contribution in [0.3, 0.4) is 0 Å². The largest absolute Gasteiger partial charge is 0.496 e. The first kappa shape index (κ1) is 27.6. The fourth-order valence-corrected chi connectivity index (χ4v) is 4.52. The zero-order valence-corrected chi connectivity index (χ0v) is 21.7. The summed E-state index contributed by atoms with van der Waals surface area (Å²) < 4.78 is 23.2. The van der Waals surface area contributed by atoms with E-state index in [0.29, 0.717) is 29.3 Å². The van der Waals surface area contributed by atoms with Crippen LogP contribution in [0.15, 0.2) is 48.5 Å². The lowest BCUT2D eigenvalue weighted by molar-refractivity contribution is -0.126. The van der Waals surface area contributed by atoms with Gasteiger partial charge in [0.1, 0.15) is 22.5 Å². The van der Waals surface area contributed by atoms with Crippen molar-refractivity contribution in [1.82, 2.24) is 14.6 Å². The quantitative estimate of drug-likeness (QED) is 0.349. The Morgan fingerprint density at radius 3 is 2.41 bits per heavy atom. The van der Waals surface area contributed by atoms with Gasteiger partial charge in [-0.25, -0.2) is 4.39 Å². The molecule has 3 aromatic rings. The smallest absolute Gasteiger partial charge is 0.270 e. The third-order valence-electron chi connectivity index (χ3n) is 5.72. The zero-order chi connectivity index (χ0) is 27.1. The maximum absolute atomic E-state index is 13.9. The number of aromatic nitrogens is 1. The van der Waals surface area contributed by atoms with Crippen molar-refractivity contribution in [2.45, 2.75) is 32.9 Å². The van der Waals surface area contributed by atoms with Gasteiger partial charge in [-0.15, -0.1) is 0 Å². The number of carbonyl (C=O) groups excluding carboxylic acids is 3. The molecule has 11 heteroatoms. The number of nitrogens with zero attached hydrogens (tertiary/aromatic N) is 2. The molecule has 1 heterocycles. The third kappa shape index (κ3) is 6.62. The van der Waals surface area contributed by atoms with E-state index in [2.05, 4.69) is 9.69 Å². The van der Waals surface area contributed by atoms with E-state index in [4.69, 9.17) is 16.2 Å². The van der Waals surface area contributed by atoms with Crippen LogP contribution in [0.25, 0.3) is 0 Å². The van der Waals surface area contributed by atoms with Gasteiger partial charge in [0, 0.05) is 12.1 Å². The summed E-state index contributed by atoms with van der Waals surface area (Å²) in [6.45, 7) is 4.40. The Kier molecular flexibility index (Phi) is 9.18. The molecule has 0 aliphatic carbocycles. The number of methoxy groups -OCH3 is 1. The van der Waals surface area contributed by atoms with Gasteiger partial charge in [0.25, 0.3) is 11.8 Å². The topological polar surface area (TPSA) is 141 Å². The molecule has 2 aromatic carbocycles.